The first-order valence-electron chi connectivity index (χ1n) is 18.9. The molecule has 1 aliphatic rings. The van der Waals surface area contributed by atoms with Crippen LogP contribution in [0.2, 0.25) is 0 Å². The molecule has 1 N–H and O–H groups in total. The quantitative estimate of drug-likeness (QED) is 0.182. The van der Waals surface area contributed by atoms with E-state index in [0.717, 1.165) is 28.1 Å². The Bertz CT molecular complexity index is 3390. The summed E-state index contributed by atoms with van der Waals surface area (Å²) in [6, 6.07) is 65.5. The minimum atomic E-state index is -0.318. The Labute approximate surface area is 316 Å². The lowest BCUT2D eigenvalue weighted by Crippen LogP contribution is -2.33. The van der Waals surface area contributed by atoms with Crippen molar-refractivity contribution in [1.82, 2.24) is 9.72 Å². The maximum Gasteiger partial charge on any atom is 0.160 e. The number of nitrogens with zero attached hydrogens (tertiary/aromatic N) is 3. The maximum atomic E-state index is 5.46. The van der Waals surface area contributed by atoms with Gasteiger partial charge >= 0.3 is 0 Å². The minimum absolute atomic E-state index is 0.318. The Hall–Kier alpha value is -7.30. The van der Waals surface area contributed by atoms with Gasteiger partial charge in [-0.05, 0) is 73.3 Å². The number of rotatable bonds is 4. The van der Waals surface area contributed by atoms with Crippen LogP contribution in [0.4, 0.5) is 0 Å². The molecule has 0 saturated heterocycles. The summed E-state index contributed by atoms with van der Waals surface area (Å²) in [5, 5.41) is 16.0. The van der Waals surface area contributed by atoms with Crippen LogP contribution in [-0.2, 0) is 0 Å². The van der Waals surface area contributed by atoms with Crippen molar-refractivity contribution in [3.8, 4) is 11.1 Å². The van der Waals surface area contributed by atoms with E-state index in [1.165, 1.54) is 76.0 Å². The molecule has 3 heterocycles. The molecular weight excluding hydrogens is 669 g/mol. The molecule has 12 rings (SSSR count). The van der Waals surface area contributed by atoms with Gasteiger partial charge in [-0.25, -0.2) is 9.98 Å². The number of aromatic nitrogens is 1. The van der Waals surface area contributed by atoms with Gasteiger partial charge in [0.25, 0.3) is 0 Å². The molecule has 0 amide bonds. The van der Waals surface area contributed by atoms with Gasteiger partial charge in [-0.3, -0.25) is 0 Å². The summed E-state index contributed by atoms with van der Waals surface area (Å²) in [6.45, 7) is 0. The van der Waals surface area contributed by atoms with Gasteiger partial charge < -0.3 is 9.72 Å². The van der Waals surface area contributed by atoms with Crippen LogP contribution in [0.1, 0.15) is 22.9 Å². The van der Waals surface area contributed by atoms with Crippen LogP contribution in [-0.4, -0.2) is 16.1 Å². The number of benzene rings is 9. The van der Waals surface area contributed by atoms with Crippen LogP contribution in [0.25, 0.3) is 81.5 Å². The van der Waals surface area contributed by atoms with Crippen molar-refractivity contribution in [2.24, 2.45) is 9.98 Å². The van der Waals surface area contributed by atoms with E-state index < -0.39 is 0 Å². The summed E-state index contributed by atoms with van der Waals surface area (Å²) in [5.74, 6) is 1.51. The summed E-state index contributed by atoms with van der Waals surface area (Å²) in [6.07, 6.45) is -0.318. The monoisotopic (exact) mass is 700 g/mol. The molecule has 55 heavy (non-hydrogen) atoms. The molecule has 0 bridgehead atoms. The average molecular weight is 701 g/mol. The molecule has 1 unspecified atom stereocenters. The first-order chi connectivity index (χ1) is 27.3. The van der Waals surface area contributed by atoms with Crippen molar-refractivity contribution in [2.45, 2.75) is 6.17 Å². The molecule has 11 aromatic rings. The van der Waals surface area contributed by atoms with Crippen molar-refractivity contribution in [3.63, 3.8) is 0 Å². The number of para-hydroxylation sites is 2. The Morgan fingerprint density at radius 1 is 0.418 bits per heavy atom. The fraction of sp³-hybridized carbons (Fsp3) is 0.0196. The molecule has 0 fully saturated rings. The van der Waals surface area contributed by atoms with Crippen LogP contribution in [0.5, 0.6) is 0 Å². The number of hydrogen-bond donors (Lipinski definition) is 1. The number of fused-ring (bicyclic) bond motifs is 12. The van der Waals surface area contributed by atoms with E-state index in [1.807, 2.05) is 6.07 Å². The molecule has 1 aliphatic heterocycles. The van der Waals surface area contributed by atoms with Crippen LogP contribution in [0.15, 0.2) is 192 Å². The lowest BCUT2D eigenvalue weighted by Gasteiger charge is -2.25. The normalized spacial score (nSPS) is 14.7. The smallest absolute Gasteiger partial charge is 0.160 e. The van der Waals surface area contributed by atoms with Gasteiger partial charge in [0.15, 0.2) is 5.84 Å². The number of nitrogens with one attached hydrogen (secondary N) is 1. The number of aliphatic imine (C=N–C) groups is 2. The molecule has 9 aromatic carbocycles. The van der Waals surface area contributed by atoms with Gasteiger partial charge in [0.2, 0.25) is 0 Å². The van der Waals surface area contributed by atoms with E-state index in [-0.39, 0.29) is 6.17 Å². The highest BCUT2D eigenvalue weighted by atomic mass is 15.2. The first-order valence-corrected chi connectivity index (χ1v) is 18.9. The fourth-order valence-corrected chi connectivity index (χ4v) is 9.16. The molecule has 1 atom stereocenters. The zero-order valence-electron chi connectivity index (χ0n) is 29.7. The van der Waals surface area contributed by atoms with Crippen LogP contribution in [0.3, 0.4) is 0 Å². The molecule has 256 valence electrons. The van der Waals surface area contributed by atoms with Crippen molar-refractivity contribution >= 4 is 82.1 Å². The Balaban J connectivity index is 1.25. The van der Waals surface area contributed by atoms with Gasteiger partial charge in [0, 0.05) is 32.7 Å². The van der Waals surface area contributed by atoms with Gasteiger partial charge in [0.1, 0.15) is 12.0 Å². The van der Waals surface area contributed by atoms with E-state index in [2.05, 4.69) is 186 Å². The largest absolute Gasteiger partial charge is 0.344 e. The highest BCUT2D eigenvalue weighted by molar-refractivity contribution is 6.31. The zero-order chi connectivity index (χ0) is 36.0. The van der Waals surface area contributed by atoms with Crippen molar-refractivity contribution in [1.29, 1.82) is 0 Å². The average Bonchev–Trinajstić information content (AvgIpc) is 3.79. The fourth-order valence-electron chi connectivity index (χ4n) is 9.16. The predicted molar refractivity (Wildman–Crippen MR) is 231 cm³/mol. The summed E-state index contributed by atoms with van der Waals surface area (Å²) in [4.78, 5) is 10.8. The van der Waals surface area contributed by atoms with Crippen molar-refractivity contribution < 1.29 is 0 Å². The molecule has 0 spiro atoms. The third-order valence-electron chi connectivity index (χ3n) is 11.6. The summed E-state index contributed by atoms with van der Waals surface area (Å²) < 4.78 is 2.46. The molecule has 0 saturated carbocycles. The highest BCUT2D eigenvalue weighted by Crippen LogP contribution is 2.46. The lowest BCUT2D eigenvalue weighted by molar-refractivity contribution is 0.674. The molecule has 4 nitrogen and oxygen atoms in total. The summed E-state index contributed by atoms with van der Waals surface area (Å²) in [5.41, 5.74) is 9.08. The Kier molecular flexibility index (Phi) is 6.37. The van der Waals surface area contributed by atoms with E-state index in [4.69, 9.17) is 9.98 Å². The molecule has 2 aromatic heterocycles. The lowest BCUT2D eigenvalue weighted by atomic mass is 9.87. The van der Waals surface area contributed by atoms with Gasteiger partial charge in [-0.2, -0.15) is 0 Å². The van der Waals surface area contributed by atoms with Gasteiger partial charge in [-0.15, -0.1) is 0 Å². The van der Waals surface area contributed by atoms with E-state index in [0.29, 0.717) is 5.84 Å². The predicted octanol–water partition coefficient (Wildman–Crippen LogP) is 12.5. The zero-order valence-corrected chi connectivity index (χ0v) is 29.7. The molecule has 4 heteroatoms. The maximum absolute atomic E-state index is 5.46. The van der Waals surface area contributed by atoms with Crippen LogP contribution >= 0.6 is 0 Å². The third-order valence-corrected chi connectivity index (χ3v) is 11.6. The summed E-state index contributed by atoms with van der Waals surface area (Å²) >= 11 is 0. The Morgan fingerprint density at radius 2 is 0.945 bits per heavy atom. The summed E-state index contributed by atoms with van der Waals surface area (Å²) in [7, 11) is 0. The Morgan fingerprint density at radius 3 is 1.62 bits per heavy atom. The molecule has 0 aliphatic carbocycles. The second-order valence-electron chi connectivity index (χ2n) is 14.5. The minimum Gasteiger partial charge on any atom is -0.344 e. The third kappa shape index (κ3) is 4.40. The van der Waals surface area contributed by atoms with Crippen molar-refractivity contribution in [3.05, 3.63) is 199 Å². The van der Waals surface area contributed by atoms with Crippen LogP contribution in [0, 0.1) is 0 Å². The van der Waals surface area contributed by atoms with Crippen molar-refractivity contribution in [2.75, 3.05) is 0 Å². The topological polar surface area (TPSA) is 41.2 Å². The van der Waals surface area contributed by atoms with E-state index in [9.17, 15) is 0 Å². The number of amidine groups is 2. The molecule has 0 radical (unpaired) electrons. The van der Waals surface area contributed by atoms with Crippen LogP contribution < -0.4 is 5.32 Å². The SMILES string of the molecule is c1ccc(C2=NC(c3cc4c5ccccc5c5ccccc5c4cc3-c3ccc4c5ccccc5n5c6ccccc6c3c45)=NC(c3ccccc3)N2)cc1. The van der Waals surface area contributed by atoms with E-state index in [1.54, 1.807) is 0 Å². The second kappa shape index (κ2) is 11.6. The van der Waals surface area contributed by atoms with Gasteiger partial charge in [0.05, 0.1) is 16.6 Å². The first kappa shape index (κ1) is 30.2. The molecular formula is C51H32N4. The van der Waals surface area contributed by atoms with Gasteiger partial charge in [-0.1, -0.05) is 158 Å². The standard InChI is InChI=1S/C51H32N4/c1-3-15-31(16-4-1)49-52-50(32-17-5-2-6-18-32)54-51(53-49)44-30-42-36-22-10-8-20-34(36)33-19-7-9-21-35(33)41(42)29-43(44)38-27-28-39-37-23-11-13-25-45(37)55-46-26-14-12-24-40(46)47(38)48(39)55/h1-30,49H,(H,52,53,54). The highest BCUT2D eigenvalue weighted by Gasteiger charge is 2.26. The number of hydrogen-bond acceptors (Lipinski definition) is 3. The van der Waals surface area contributed by atoms with E-state index >= 15 is 0 Å². The second-order valence-corrected chi connectivity index (χ2v) is 14.5.